The van der Waals surface area contributed by atoms with E-state index in [1.54, 1.807) is 24.3 Å². The van der Waals surface area contributed by atoms with E-state index < -0.39 is 17.5 Å². The van der Waals surface area contributed by atoms with Crippen LogP contribution < -0.4 is 5.32 Å². The molecule has 110 valence electrons. The number of rotatable bonds is 3. The summed E-state index contributed by atoms with van der Waals surface area (Å²) in [6.07, 6.45) is 2.86. The molecule has 3 aromatic rings. The molecule has 5 nitrogen and oxygen atoms in total. The molecular formula is C15H10F2N4O. The molecule has 0 aliphatic heterocycles. The molecule has 7 heteroatoms. The van der Waals surface area contributed by atoms with E-state index in [2.05, 4.69) is 15.4 Å². The van der Waals surface area contributed by atoms with Crippen LogP contribution in [0, 0.1) is 11.6 Å². The van der Waals surface area contributed by atoms with Crippen LogP contribution in [0.15, 0.2) is 55.1 Å². The van der Waals surface area contributed by atoms with Gasteiger partial charge in [-0.3, -0.25) is 4.79 Å². The van der Waals surface area contributed by atoms with Gasteiger partial charge < -0.3 is 5.32 Å². The largest absolute Gasteiger partial charge is 0.320 e. The van der Waals surface area contributed by atoms with Gasteiger partial charge in [-0.25, -0.2) is 18.4 Å². The minimum atomic E-state index is -1.07. The zero-order valence-corrected chi connectivity index (χ0v) is 11.2. The predicted molar refractivity (Wildman–Crippen MR) is 75.7 cm³/mol. The molecule has 2 aromatic carbocycles. The lowest BCUT2D eigenvalue weighted by molar-refractivity contribution is 0.102. The van der Waals surface area contributed by atoms with Crippen molar-refractivity contribution in [2.45, 2.75) is 0 Å². The van der Waals surface area contributed by atoms with Crippen LogP contribution in [0.25, 0.3) is 5.69 Å². The molecule has 0 atom stereocenters. The number of hydrogen-bond donors (Lipinski definition) is 1. The van der Waals surface area contributed by atoms with Crippen LogP contribution in [-0.4, -0.2) is 20.7 Å². The minimum Gasteiger partial charge on any atom is -0.320 e. The van der Waals surface area contributed by atoms with E-state index in [-0.39, 0.29) is 5.56 Å². The zero-order chi connectivity index (χ0) is 15.5. The van der Waals surface area contributed by atoms with Crippen LogP contribution >= 0.6 is 0 Å². The first kappa shape index (κ1) is 13.9. The molecule has 0 bridgehead atoms. The van der Waals surface area contributed by atoms with Gasteiger partial charge in [0.25, 0.3) is 5.91 Å². The van der Waals surface area contributed by atoms with Gasteiger partial charge >= 0.3 is 0 Å². The Bertz CT molecular complexity index is 818. The average Bonchev–Trinajstić information content (AvgIpc) is 3.04. The summed E-state index contributed by atoms with van der Waals surface area (Å²) >= 11 is 0. The Balaban J connectivity index is 1.90. The van der Waals surface area contributed by atoms with Crippen molar-refractivity contribution >= 4 is 11.6 Å². The van der Waals surface area contributed by atoms with Crippen LogP contribution in [0.1, 0.15) is 10.4 Å². The Morgan fingerprint density at radius 3 is 2.64 bits per heavy atom. The van der Waals surface area contributed by atoms with E-state index in [1.807, 2.05) is 0 Å². The van der Waals surface area contributed by atoms with Gasteiger partial charge in [-0.2, -0.15) is 5.10 Å². The second-order valence-electron chi connectivity index (χ2n) is 4.44. The second kappa shape index (κ2) is 5.72. The number of nitrogens with zero attached hydrogens (tertiary/aromatic N) is 3. The maximum absolute atomic E-state index is 13.2. The molecule has 0 saturated carbocycles. The molecule has 0 fully saturated rings. The Morgan fingerprint density at radius 2 is 1.91 bits per heavy atom. The van der Waals surface area contributed by atoms with Crippen LogP contribution in [0.2, 0.25) is 0 Å². The molecule has 0 radical (unpaired) electrons. The number of hydrogen-bond acceptors (Lipinski definition) is 3. The van der Waals surface area contributed by atoms with E-state index in [1.165, 1.54) is 23.4 Å². The van der Waals surface area contributed by atoms with Gasteiger partial charge in [0, 0.05) is 5.56 Å². The van der Waals surface area contributed by atoms with Gasteiger partial charge in [-0.1, -0.05) is 12.1 Å². The SMILES string of the molecule is O=C(Nc1ccccc1-n1cncn1)c1ccc(F)c(F)c1. The molecular weight excluding hydrogens is 290 g/mol. The lowest BCUT2D eigenvalue weighted by Gasteiger charge is -2.10. The van der Waals surface area contributed by atoms with Crippen molar-refractivity contribution in [1.82, 2.24) is 14.8 Å². The molecule has 1 heterocycles. The lowest BCUT2D eigenvalue weighted by atomic mass is 10.2. The second-order valence-corrected chi connectivity index (χ2v) is 4.44. The standard InChI is InChI=1S/C15H10F2N4O/c16-11-6-5-10(7-12(11)17)15(22)20-13-3-1-2-4-14(13)21-9-18-8-19-21/h1-9H,(H,20,22). The highest BCUT2D eigenvalue weighted by Crippen LogP contribution is 2.20. The number of anilines is 1. The Hall–Kier alpha value is -3.09. The highest BCUT2D eigenvalue weighted by Gasteiger charge is 2.12. The van der Waals surface area contributed by atoms with Crippen molar-refractivity contribution in [1.29, 1.82) is 0 Å². The summed E-state index contributed by atoms with van der Waals surface area (Å²) < 4.78 is 27.6. The van der Waals surface area contributed by atoms with Crippen molar-refractivity contribution in [2.75, 3.05) is 5.32 Å². The van der Waals surface area contributed by atoms with Crippen molar-refractivity contribution < 1.29 is 13.6 Å². The highest BCUT2D eigenvalue weighted by atomic mass is 19.2. The van der Waals surface area contributed by atoms with Gasteiger partial charge in [0.1, 0.15) is 12.7 Å². The van der Waals surface area contributed by atoms with Gasteiger partial charge in [-0.05, 0) is 30.3 Å². The van der Waals surface area contributed by atoms with Gasteiger partial charge in [-0.15, -0.1) is 0 Å². The number of carbonyl (C=O) groups excluding carboxylic acids is 1. The van der Waals surface area contributed by atoms with Crippen molar-refractivity contribution in [2.24, 2.45) is 0 Å². The van der Waals surface area contributed by atoms with Crippen LogP contribution in [0.4, 0.5) is 14.5 Å². The molecule has 0 aliphatic carbocycles. The Morgan fingerprint density at radius 1 is 1.09 bits per heavy atom. The van der Waals surface area contributed by atoms with E-state index in [4.69, 9.17) is 0 Å². The first-order chi connectivity index (χ1) is 10.6. The van der Waals surface area contributed by atoms with Gasteiger partial charge in [0.15, 0.2) is 11.6 Å². The van der Waals surface area contributed by atoms with Crippen LogP contribution in [-0.2, 0) is 0 Å². The monoisotopic (exact) mass is 300 g/mol. The molecule has 1 aromatic heterocycles. The first-order valence-corrected chi connectivity index (χ1v) is 6.35. The smallest absolute Gasteiger partial charge is 0.255 e. The van der Waals surface area contributed by atoms with Crippen molar-refractivity contribution in [3.8, 4) is 5.69 Å². The summed E-state index contributed by atoms with van der Waals surface area (Å²) in [5.41, 5.74) is 1.10. The molecule has 1 amide bonds. The van der Waals surface area contributed by atoms with Crippen molar-refractivity contribution in [3.63, 3.8) is 0 Å². The summed E-state index contributed by atoms with van der Waals surface area (Å²) in [7, 11) is 0. The van der Waals surface area contributed by atoms with E-state index in [9.17, 15) is 13.6 Å². The van der Waals surface area contributed by atoms with Gasteiger partial charge in [0.2, 0.25) is 0 Å². The quantitative estimate of drug-likeness (QED) is 0.809. The zero-order valence-electron chi connectivity index (χ0n) is 11.2. The third kappa shape index (κ3) is 2.69. The van der Waals surface area contributed by atoms with Crippen LogP contribution in [0.3, 0.4) is 0 Å². The third-order valence-corrected chi connectivity index (χ3v) is 3.00. The molecule has 3 rings (SSSR count). The number of carbonyl (C=O) groups is 1. The third-order valence-electron chi connectivity index (χ3n) is 3.00. The van der Waals surface area contributed by atoms with E-state index >= 15 is 0 Å². The fourth-order valence-corrected chi connectivity index (χ4v) is 1.94. The van der Waals surface area contributed by atoms with E-state index in [0.717, 1.165) is 12.1 Å². The molecule has 0 unspecified atom stereocenters. The maximum Gasteiger partial charge on any atom is 0.255 e. The number of benzene rings is 2. The van der Waals surface area contributed by atoms with Crippen molar-refractivity contribution in [3.05, 3.63) is 72.3 Å². The summed E-state index contributed by atoms with van der Waals surface area (Å²) in [5.74, 6) is -2.62. The molecule has 1 N–H and O–H groups in total. The number of nitrogens with one attached hydrogen (secondary N) is 1. The molecule has 0 aliphatic rings. The number of amides is 1. The first-order valence-electron chi connectivity index (χ1n) is 6.35. The summed E-state index contributed by atoms with van der Waals surface area (Å²) in [4.78, 5) is 16.0. The predicted octanol–water partition coefficient (Wildman–Crippen LogP) is 2.80. The Labute approximate surface area is 124 Å². The topological polar surface area (TPSA) is 59.8 Å². The number of halogens is 2. The molecule has 22 heavy (non-hydrogen) atoms. The molecule has 0 saturated heterocycles. The molecule has 0 spiro atoms. The minimum absolute atomic E-state index is 0.0206. The normalized spacial score (nSPS) is 10.5. The fraction of sp³-hybridized carbons (Fsp3) is 0. The highest BCUT2D eigenvalue weighted by molar-refractivity contribution is 6.05. The summed E-state index contributed by atoms with van der Waals surface area (Å²) in [5, 5.41) is 6.64. The van der Waals surface area contributed by atoms with Gasteiger partial charge in [0.05, 0.1) is 11.4 Å². The summed E-state index contributed by atoms with van der Waals surface area (Å²) in [6, 6.07) is 9.91. The van der Waals surface area contributed by atoms with E-state index in [0.29, 0.717) is 11.4 Å². The number of para-hydroxylation sites is 2. The lowest BCUT2D eigenvalue weighted by Crippen LogP contribution is -2.14. The summed E-state index contributed by atoms with van der Waals surface area (Å²) in [6.45, 7) is 0. The average molecular weight is 300 g/mol. The maximum atomic E-state index is 13.2. The fourth-order valence-electron chi connectivity index (χ4n) is 1.94. The number of aromatic nitrogens is 3. The van der Waals surface area contributed by atoms with Crippen LogP contribution in [0.5, 0.6) is 0 Å². The Kier molecular flexibility index (Phi) is 3.61.